The Hall–Kier alpha value is -1.40. The molecule has 2 aromatic rings. The minimum absolute atomic E-state index is 0.268. The molecule has 1 aromatic carbocycles. The van der Waals surface area contributed by atoms with E-state index in [4.69, 9.17) is 5.11 Å². The van der Waals surface area contributed by atoms with Crippen molar-refractivity contribution in [3.8, 4) is 11.4 Å². The molecule has 16 heavy (non-hydrogen) atoms. The molecule has 82 valence electrons. The van der Waals surface area contributed by atoms with E-state index in [1.807, 2.05) is 6.26 Å². The topological polar surface area (TPSA) is 63.1 Å². The summed E-state index contributed by atoms with van der Waals surface area (Å²) in [6, 6.07) is 6.54. The Labute approximate surface area is 101 Å². The van der Waals surface area contributed by atoms with Crippen LogP contribution < -0.4 is 0 Å². The monoisotopic (exact) mass is 252 g/mol. The van der Waals surface area contributed by atoms with Gasteiger partial charge in [0.05, 0.1) is 5.56 Å². The second-order valence-corrected chi connectivity index (χ2v) is 4.78. The zero-order chi connectivity index (χ0) is 11.5. The van der Waals surface area contributed by atoms with Crippen molar-refractivity contribution in [3.63, 3.8) is 0 Å². The van der Waals surface area contributed by atoms with Crippen LogP contribution in [-0.4, -0.2) is 26.7 Å². The predicted octanol–water partition coefficient (Wildman–Crippen LogP) is 2.63. The summed E-state index contributed by atoms with van der Waals surface area (Å²) < 4.78 is 5.09. The molecule has 1 aromatic heterocycles. The van der Waals surface area contributed by atoms with E-state index in [-0.39, 0.29) is 5.56 Å². The van der Waals surface area contributed by atoms with Crippen LogP contribution in [0.25, 0.3) is 11.4 Å². The molecule has 2 rings (SSSR count). The molecule has 4 nitrogen and oxygen atoms in total. The van der Waals surface area contributed by atoms with Crippen LogP contribution in [0.3, 0.4) is 0 Å². The van der Waals surface area contributed by atoms with Crippen LogP contribution in [0.1, 0.15) is 10.4 Å². The van der Waals surface area contributed by atoms with Gasteiger partial charge in [-0.1, -0.05) is 23.9 Å². The number of carbonyl (C=O) groups is 1. The van der Waals surface area contributed by atoms with Gasteiger partial charge in [0, 0.05) is 5.56 Å². The number of hydrogen-bond acceptors (Lipinski definition) is 5. The Balaban J connectivity index is 2.30. The highest BCUT2D eigenvalue weighted by atomic mass is 32.2. The molecular weight excluding hydrogens is 244 g/mol. The van der Waals surface area contributed by atoms with E-state index in [0.717, 1.165) is 9.90 Å². The quantitative estimate of drug-likeness (QED) is 0.851. The van der Waals surface area contributed by atoms with E-state index in [2.05, 4.69) is 9.36 Å². The highest BCUT2D eigenvalue weighted by molar-refractivity contribution is 8.00. The van der Waals surface area contributed by atoms with Crippen molar-refractivity contribution >= 4 is 29.3 Å². The Morgan fingerprint density at radius 1 is 1.38 bits per heavy atom. The molecule has 0 saturated carbocycles. The van der Waals surface area contributed by atoms with E-state index in [9.17, 15) is 4.79 Å². The normalized spacial score (nSPS) is 10.3. The fraction of sp³-hybridized carbons (Fsp3) is 0.100. The van der Waals surface area contributed by atoms with Crippen molar-refractivity contribution in [2.45, 2.75) is 4.34 Å². The largest absolute Gasteiger partial charge is 0.478 e. The third kappa shape index (κ3) is 2.23. The van der Waals surface area contributed by atoms with Crippen molar-refractivity contribution in [1.82, 2.24) is 9.36 Å². The highest BCUT2D eigenvalue weighted by Gasteiger charge is 2.07. The lowest BCUT2D eigenvalue weighted by Crippen LogP contribution is -1.95. The zero-order valence-electron chi connectivity index (χ0n) is 8.38. The Bertz CT molecular complexity index is 508. The van der Waals surface area contributed by atoms with Gasteiger partial charge in [0.2, 0.25) is 0 Å². The lowest BCUT2D eigenvalue weighted by Gasteiger charge is -1.96. The molecule has 0 spiro atoms. The Kier molecular flexibility index (Phi) is 3.21. The fourth-order valence-electron chi connectivity index (χ4n) is 1.17. The number of rotatable bonds is 3. The SMILES string of the molecule is CSc1nc(-c2ccc(C(=O)O)cc2)ns1. The molecule has 0 aliphatic heterocycles. The summed E-state index contributed by atoms with van der Waals surface area (Å²) in [7, 11) is 0. The maximum absolute atomic E-state index is 10.7. The fourth-order valence-corrected chi connectivity index (χ4v) is 2.20. The number of thioether (sulfide) groups is 1. The molecule has 0 fully saturated rings. The van der Waals surface area contributed by atoms with E-state index in [1.54, 1.807) is 36.0 Å². The summed E-state index contributed by atoms with van der Waals surface area (Å²) in [6.07, 6.45) is 1.94. The average Bonchev–Trinajstić information content (AvgIpc) is 2.77. The molecule has 1 heterocycles. The molecular formula is C10H8N2O2S2. The molecule has 6 heteroatoms. The molecule has 1 N–H and O–H groups in total. The van der Waals surface area contributed by atoms with Gasteiger partial charge in [-0.25, -0.2) is 9.78 Å². The van der Waals surface area contributed by atoms with Gasteiger partial charge in [0.25, 0.3) is 0 Å². The molecule has 0 aliphatic rings. The van der Waals surface area contributed by atoms with E-state index in [1.165, 1.54) is 11.5 Å². The average molecular weight is 252 g/mol. The number of nitrogens with zero attached hydrogens (tertiary/aromatic N) is 2. The van der Waals surface area contributed by atoms with Crippen LogP contribution in [0.4, 0.5) is 0 Å². The molecule has 0 amide bonds. The third-order valence-electron chi connectivity index (χ3n) is 1.97. The van der Waals surface area contributed by atoms with Gasteiger partial charge in [-0.3, -0.25) is 0 Å². The molecule has 0 unspecified atom stereocenters. The first kappa shape index (κ1) is 11.1. The van der Waals surface area contributed by atoms with Crippen LogP contribution >= 0.6 is 23.3 Å². The highest BCUT2D eigenvalue weighted by Crippen LogP contribution is 2.23. The van der Waals surface area contributed by atoms with E-state index in [0.29, 0.717) is 5.82 Å². The summed E-state index contributed by atoms with van der Waals surface area (Å²) in [5, 5.41) is 8.76. The molecule has 0 atom stereocenters. The summed E-state index contributed by atoms with van der Waals surface area (Å²) in [5.41, 5.74) is 1.10. The Morgan fingerprint density at radius 3 is 2.56 bits per heavy atom. The minimum atomic E-state index is -0.928. The first-order chi connectivity index (χ1) is 7.70. The molecule has 0 aliphatic carbocycles. The van der Waals surface area contributed by atoms with Gasteiger partial charge in [0.15, 0.2) is 10.2 Å². The van der Waals surface area contributed by atoms with Crippen molar-refractivity contribution in [1.29, 1.82) is 0 Å². The summed E-state index contributed by atoms with van der Waals surface area (Å²) in [5.74, 6) is -0.283. The number of hydrogen-bond donors (Lipinski definition) is 1. The van der Waals surface area contributed by atoms with Gasteiger partial charge >= 0.3 is 5.97 Å². The number of aromatic nitrogens is 2. The first-order valence-corrected chi connectivity index (χ1v) is 6.42. The van der Waals surface area contributed by atoms with E-state index >= 15 is 0 Å². The lowest BCUT2D eigenvalue weighted by atomic mass is 10.1. The maximum atomic E-state index is 10.7. The van der Waals surface area contributed by atoms with Gasteiger partial charge in [-0.2, -0.15) is 4.37 Å². The second kappa shape index (κ2) is 4.63. The molecule has 0 bridgehead atoms. The van der Waals surface area contributed by atoms with E-state index < -0.39 is 5.97 Å². The van der Waals surface area contributed by atoms with Crippen LogP contribution in [0, 0.1) is 0 Å². The summed E-state index contributed by atoms with van der Waals surface area (Å²) in [4.78, 5) is 15.0. The van der Waals surface area contributed by atoms with Crippen molar-refractivity contribution in [2.24, 2.45) is 0 Å². The summed E-state index contributed by atoms with van der Waals surface area (Å²) in [6.45, 7) is 0. The number of carboxylic acid groups (broad SMARTS) is 1. The molecule has 0 radical (unpaired) electrons. The lowest BCUT2D eigenvalue weighted by molar-refractivity contribution is 0.0697. The van der Waals surface area contributed by atoms with Crippen LogP contribution in [-0.2, 0) is 0 Å². The van der Waals surface area contributed by atoms with Gasteiger partial charge in [-0.15, -0.1) is 0 Å². The van der Waals surface area contributed by atoms with Crippen molar-refractivity contribution in [2.75, 3.05) is 6.26 Å². The number of aromatic carboxylic acids is 1. The van der Waals surface area contributed by atoms with Gasteiger partial charge in [0.1, 0.15) is 0 Å². The molecule has 0 saturated heterocycles. The van der Waals surface area contributed by atoms with Crippen LogP contribution in [0.15, 0.2) is 28.6 Å². The second-order valence-electron chi connectivity index (χ2n) is 2.97. The Morgan fingerprint density at radius 2 is 2.06 bits per heavy atom. The predicted molar refractivity (Wildman–Crippen MR) is 64.1 cm³/mol. The minimum Gasteiger partial charge on any atom is -0.478 e. The van der Waals surface area contributed by atoms with Crippen molar-refractivity contribution in [3.05, 3.63) is 29.8 Å². The number of benzene rings is 1. The number of carboxylic acids is 1. The van der Waals surface area contributed by atoms with Crippen molar-refractivity contribution < 1.29 is 9.90 Å². The summed E-state index contributed by atoms with van der Waals surface area (Å²) >= 11 is 2.88. The van der Waals surface area contributed by atoms with Crippen LogP contribution in [0.2, 0.25) is 0 Å². The standard InChI is InChI=1S/C10H8N2O2S2/c1-15-10-11-8(12-16-10)6-2-4-7(5-3-6)9(13)14/h2-5H,1H3,(H,13,14). The zero-order valence-corrected chi connectivity index (χ0v) is 10.0. The van der Waals surface area contributed by atoms with Gasteiger partial charge in [-0.05, 0) is 29.9 Å². The first-order valence-electron chi connectivity index (χ1n) is 4.42. The van der Waals surface area contributed by atoms with Gasteiger partial charge < -0.3 is 5.11 Å². The van der Waals surface area contributed by atoms with Crippen LogP contribution in [0.5, 0.6) is 0 Å². The maximum Gasteiger partial charge on any atom is 0.335 e. The smallest absolute Gasteiger partial charge is 0.335 e. The third-order valence-corrected chi connectivity index (χ3v) is 3.65.